The van der Waals surface area contributed by atoms with Gasteiger partial charge < -0.3 is 4.74 Å². The molecule has 45 heavy (non-hydrogen) atoms. The lowest BCUT2D eigenvalue weighted by Crippen LogP contribution is -2.41. The van der Waals surface area contributed by atoms with Crippen molar-refractivity contribution >= 4 is 27.3 Å². The maximum atomic E-state index is 14.9. The first-order valence-electron chi connectivity index (χ1n) is 14.4. The zero-order valence-corrected chi connectivity index (χ0v) is 26.0. The van der Waals surface area contributed by atoms with Gasteiger partial charge in [-0.15, -0.1) is 16.4 Å². The molecule has 0 atom stereocenters. The summed E-state index contributed by atoms with van der Waals surface area (Å²) in [7, 11) is 3.50. The Bertz CT molecular complexity index is 1900. The van der Waals surface area contributed by atoms with Gasteiger partial charge >= 0.3 is 5.69 Å². The molecule has 236 valence electrons. The lowest BCUT2D eigenvalue weighted by Gasteiger charge is -2.18. The van der Waals surface area contributed by atoms with Crippen molar-refractivity contribution in [2.24, 2.45) is 0 Å². The summed E-state index contributed by atoms with van der Waals surface area (Å²) in [4.78, 5) is 43.2. The van der Waals surface area contributed by atoms with Crippen LogP contribution in [-0.2, 0) is 42.1 Å². The van der Waals surface area contributed by atoms with E-state index in [0.717, 1.165) is 32.7 Å². The third kappa shape index (κ3) is 6.97. The number of nitrogens with zero attached hydrogens (tertiary/aromatic N) is 7. The average molecular weight is 638 g/mol. The predicted molar refractivity (Wildman–Crippen MR) is 166 cm³/mol. The molecule has 0 saturated heterocycles. The number of thiophene rings is 1. The van der Waals surface area contributed by atoms with Crippen molar-refractivity contribution in [2.75, 3.05) is 27.3 Å². The molecule has 14 heteroatoms. The van der Waals surface area contributed by atoms with Gasteiger partial charge in [0.25, 0.3) is 5.56 Å². The number of methoxy groups -OCH3 is 1. The molecule has 0 spiro atoms. The first-order valence-corrected chi connectivity index (χ1v) is 15.2. The summed E-state index contributed by atoms with van der Waals surface area (Å²) in [5.41, 5.74) is 0.817. The molecule has 0 bridgehead atoms. The van der Waals surface area contributed by atoms with Crippen molar-refractivity contribution in [1.82, 2.24) is 34.2 Å². The highest BCUT2D eigenvalue weighted by Gasteiger charge is 2.25. The van der Waals surface area contributed by atoms with Gasteiger partial charge in [0.05, 0.1) is 31.6 Å². The SMILES string of the molecule is CCC(=O)Cc1ccc(-c2sc3c(c2CN(C)CCOC)c(=O)n(CCn2cnnn2)c(=O)n3Cc2c(F)cccc2F)cc1. The van der Waals surface area contributed by atoms with E-state index < -0.39 is 29.4 Å². The van der Waals surface area contributed by atoms with Gasteiger partial charge in [-0.1, -0.05) is 37.3 Å². The van der Waals surface area contributed by atoms with Gasteiger partial charge in [-0.2, -0.15) is 0 Å². The largest absolute Gasteiger partial charge is 0.383 e. The van der Waals surface area contributed by atoms with Gasteiger partial charge in [0, 0.05) is 43.5 Å². The number of benzene rings is 2. The second kappa shape index (κ2) is 14.1. The molecule has 0 aliphatic carbocycles. The Kier molecular flexibility index (Phi) is 10.1. The number of likely N-dealkylation sites (N-methyl/N-ethyl adjacent to an activating group) is 1. The summed E-state index contributed by atoms with van der Waals surface area (Å²) in [5, 5.41) is 11.3. The number of aromatic nitrogens is 6. The van der Waals surface area contributed by atoms with Crippen molar-refractivity contribution in [1.29, 1.82) is 0 Å². The Morgan fingerprint density at radius 3 is 2.40 bits per heavy atom. The number of carbonyl (C=O) groups excluding carboxylic acids is 1. The lowest BCUT2D eigenvalue weighted by molar-refractivity contribution is -0.118. The average Bonchev–Trinajstić information content (AvgIpc) is 3.68. The third-order valence-electron chi connectivity index (χ3n) is 7.59. The van der Waals surface area contributed by atoms with Crippen LogP contribution in [0, 0.1) is 11.6 Å². The topological polar surface area (TPSA) is 117 Å². The molecule has 5 aromatic rings. The van der Waals surface area contributed by atoms with Crippen molar-refractivity contribution in [3.63, 3.8) is 0 Å². The van der Waals surface area contributed by atoms with E-state index in [1.54, 1.807) is 7.11 Å². The van der Waals surface area contributed by atoms with Crippen LogP contribution in [0.4, 0.5) is 8.78 Å². The van der Waals surface area contributed by atoms with Crippen molar-refractivity contribution in [2.45, 2.75) is 45.9 Å². The zero-order chi connectivity index (χ0) is 32.1. The Labute approximate surface area is 261 Å². The number of rotatable bonds is 14. The van der Waals surface area contributed by atoms with Crippen LogP contribution in [0.3, 0.4) is 0 Å². The van der Waals surface area contributed by atoms with Crippen LogP contribution < -0.4 is 11.2 Å². The second-order valence-electron chi connectivity index (χ2n) is 10.7. The Balaban J connectivity index is 1.73. The lowest BCUT2D eigenvalue weighted by atomic mass is 10.0. The molecule has 0 unspecified atom stereocenters. The third-order valence-corrected chi connectivity index (χ3v) is 8.90. The molecule has 0 fully saturated rings. The number of tetrazole rings is 1. The first kappa shape index (κ1) is 32.0. The monoisotopic (exact) mass is 637 g/mol. The van der Waals surface area contributed by atoms with Crippen molar-refractivity contribution in [3.05, 3.63) is 98.0 Å². The fourth-order valence-corrected chi connectivity index (χ4v) is 6.39. The summed E-state index contributed by atoms with van der Waals surface area (Å²) < 4.78 is 38.7. The number of Topliss-reactive ketones (excluding diaryl/α,β-unsaturated/α-hetero) is 1. The van der Waals surface area contributed by atoms with Crippen LogP contribution in [0.25, 0.3) is 20.7 Å². The van der Waals surface area contributed by atoms with Crippen LogP contribution in [0.5, 0.6) is 0 Å². The van der Waals surface area contributed by atoms with Crippen molar-refractivity contribution in [3.8, 4) is 10.4 Å². The van der Waals surface area contributed by atoms with Gasteiger partial charge in [0.2, 0.25) is 0 Å². The van der Waals surface area contributed by atoms with E-state index in [4.69, 9.17) is 4.74 Å². The molecule has 5 rings (SSSR count). The number of hydrogen-bond acceptors (Lipinski definition) is 9. The molecule has 11 nitrogen and oxygen atoms in total. The molecule has 0 aliphatic heterocycles. The van der Waals surface area contributed by atoms with E-state index in [1.165, 1.54) is 33.0 Å². The molecule has 2 aromatic carbocycles. The molecule has 0 saturated carbocycles. The van der Waals surface area contributed by atoms with Crippen LogP contribution in [0.2, 0.25) is 0 Å². The van der Waals surface area contributed by atoms with E-state index in [2.05, 4.69) is 15.5 Å². The number of carbonyl (C=O) groups is 1. The fraction of sp³-hybridized carbons (Fsp3) is 0.355. The second-order valence-corrected chi connectivity index (χ2v) is 11.7. The molecule has 0 aliphatic rings. The molecule has 3 heterocycles. The van der Waals surface area contributed by atoms with E-state index in [0.29, 0.717) is 42.9 Å². The molecule has 0 N–H and O–H groups in total. The Morgan fingerprint density at radius 1 is 1.02 bits per heavy atom. The highest BCUT2D eigenvalue weighted by Crippen LogP contribution is 2.38. The van der Waals surface area contributed by atoms with E-state index in [9.17, 15) is 23.2 Å². The van der Waals surface area contributed by atoms with E-state index >= 15 is 0 Å². The van der Waals surface area contributed by atoms with E-state index in [-0.39, 0.29) is 29.8 Å². The van der Waals surface area contributed by atoms with Gasteiger partial charge in [0.1, 0.15) is 28.6 Å². The summed E-state index contributed by atoms with van der Waals surface area (Å²) in [6.07, 6.45) is 2.12. The number of halogens is 2. The summed E-state index contributed by atoms with van der Waals surface area (Å²) in [6.45, 7) is 2.82. The molecule has 0 radical (unpaired) electrons. The fourth-order valence-electron chi connectivity index (χ4n) is 5.09. The minimum atomic E-state index is -0.796. The summed E-state index contributed by atoms with van der Waals surface area (Å²) in [5.74, 6) is -1.47. The first-order chi connectivity index (χ1) is 21.7. The number of ketones is 1. The van der Waals surface area contributed by atoms with Crippen LogP contribution in [0.15, 0.2) is 58.4 Å². The Morgan fingerprint density at radius 2 is 1.76 bits per heavy atom. The minimum Gasteiger partial charge on any atom is -0.383 e. The highest BCUT2D eigenvalue weighted by atomic mass is 32.1. The highest BCUT2D eigenvalue weighted by molar-refractivity contribution is 7.22. The summed E-state index contributed by atoms with van der Waals surface area (Å²) in [6, 6.07) is 11.0. The molecular weight excluding hydrogens is 604 g/mol. The van der Waals surface area contributed by atoms with Gasteiger partial charge in [-0.3, -0.25) is 23.6 Å². The quantitative estimate of drug-likeness (QED) is 0.182. The normalized spacial score (nSPS) is 11.6. The molecular formula is C31H33F2N7O4S. The van der Waals surface area contributed by atoms with Crippen LogP contribution in [0.1, 0.15) is 30.0 Å². The van der Waals surface area contributed by atoms with Crippen LogP contribution in [-0.4, -0.2) is 67.3 Å². The van der Waals surface area contributed by atoms with Gasteiger partial charge in [-0.05, 0) is 46.3 Å². The molecule has 0 amide bonds. The van der Waals surface area contributed by atoms with Crippen LogP contribution >= 0.6 is 11.3 Å². The van der Waals surface area contributed by atoms with E-state index in [1.807, 2.05) is 43.1 Å². The Hall–Kier alpha value is -4.40. The molecule has 3 aromatic heterocycles. The summed E-state index contributed by atoms with van der Waals surface area (Å²) >= 11 is 1.22. The maximum Gasteiger partial charge on any atom is 0.332 e. The smallest absolute Gasteiger partial charge is 0.332 e. The number of hydrogen-bond donors (Lipinski definition) is 0. The predicted octanol–water partition coefficient (Wildman–Crippen LogP) is 3.50. The standard InChI is InChI=1S/C31H33F2N7O4S/c1-4-22(41)16-20-8-10-21(11-9-20)28-24(17-37(2)14-15-44-3)27-29(42)39(13-12-38-19-34-35-36-38)31(43)40(30(27)45-28)18-23-25(32)6-5-7-26(23)33/h5-11,19H,4,12-18H2,1-3H3. The van der Waals surface area contributed by atoms with Gasteiger partial charge in [0.15, 0.2) is 0 Å². The number of fused-ring (bicyclic) bond motifs is 1. The number of aryl methyl sites for hydroxylation is 1. The van der Waals surface area contributed by atoms with Gasteiger partial charge in [-0.25, -0.2) is 18.3 Å². The minimum absolute atomic E-state index is 0.0668. The van der Waals surface area contributed by atoms with Crippen molar-refractivity contribution < 1.29 is 18.3 Å². The number of ether oxygens (including phenoxy) is 1. The maximum absolute atomic E-state index is 14.9. The zero-order valence-electron chi connectivity index (χ0n) is 25.2.